The van der Waals surface area contributed by atoms with Crippen LogP contribution in [0.1, 0.15) is 22.3 Å². The SMILES string of the molecule is CCOc1ccc(-c2cc(C(=O)Nc3nnc(C)s3)c3ccccc3n2)cc1. The smallest absolute Gasteiger partial charge is 0.258 e. The molecule has 0 unspecified atom stereocenters. The molecule has 0 saturated carbocycles. The van der Waals surface area contributed by atoms with Crippen LogP contribution >= 0.6 is 11.3 Å². The van der Waals surface area contributed by atoms with Gasteiger partial charge in [-0.2, -0.15) is 0 Å². The van der Waals surface area contributed by atoms with Gasteiger partial charge >= 0.3 is 0 Å². The maximum absolute atomic E-state index is 12.9. The summed E-state index contributed by atoms with van der Waals surface area (Å²) in [5.41, 5.74) is 2.94. The van der Waals surface area contributed by atoms with Crippen molar-refractivity contribution in [2.24, 2.45) is 0 Å². The zero-order valence-corrected chi connectivity index (χ0v) is 16.3. The van der Waals surface area contributed by atoms with Gasteiger partial charge in [-0.1, -0.05) is 29.5 Å². The van der Waals surface area contributed by atoms with Gasteiger partial charge in [0.1, 0.15) is 10.8 Å². The van der Waals surface area contributed by atoms with Crippen molar-refractivity contribution in [1.29, 1.82) is 0 Å². The topological polar surface area (TPSA) is 77.0 Å². The highest BCUT2D eigenvalue weighted by Gasteiger charge is 2.15. The van der Waals surface area contributed by atoms with E-state index >= 15 is 0 Å². The van der Waals surface area contributed by atoms with Crippen LogP contribution in [0.15, 0.2) is 54.6 Å². The number of para-hydroxylation sites is 1. The molecule has 0 bridgehead atoms. The number of fused-ring (bicyclic) bond motifs is 1. The number of aromatic nitrogens is 3. The van der Waals surface area contributed by atoms with E-state index in [2.05, 4.69) is 15.5 Å². The lowest BCUT2D eigenvalue weighted by atomic mass is 10.0. The summed E-state index contributed by atoms with van der Waals surface area (Å²) < 4.78 is 5.50. The fraction of sp³-hybridized carbons (Fsp3) is 0.143. The highest BCUT2D eigenvalue weighted by atomic mass is 32.1. The number of anilines is 1. The Labute approximate surface area is 166 Å². The van der Waals surface area contributed by atoms with Crippen LogP contribution in [0, 0.1) is 6.92 Å². The third kappa shape index (κ3) is 3.70. The molecule has 0 saturated heterocycles. The fourth-order valence-electron chi connectivity index (χ4n) is 2.91. The molecular weight excluding hydrogens is 372 g/mol. The molecule has 4 rings (SSSR count). The molecule has 2 aromatic carbocycles. The molecule has 0 aliphatic heterocycles. The normalized spacial score (nSPS) is 10.8. The molecule has 6 nitrogen and oxygen atoms in total. The molecule has 1 N–H and O–H groups in total. The Morgan fingerprint density at radius 1 is 1.11 bits per heavy atom. The van der Waals surface area contributed by atoms with E-state index in [0.717, 1.165) is 32.9 Å². The maximum Gasteiger partial charge on any atom is 0.258 e. The predicted molar refractivity (Wildman–Crippen MR) is 111 cm³/mol. The van der Waals surface area contributed by atoms with Crippen molar-refractivity contribution in [2.75, 3.05) is 11.9 Å². The van der Waals surface area contributed by atoms with Gasteiger partial charge in [-0.15, -0.1) is 10.2 Å². The Morgan fingerprint density at radius 2 is 1.89 bits per heavy atom. The van der Waals surface area contributed by atoms with E-state index in [9.17, 15) is 4.79 Å². The van der Waals surface area contributed by atoms with Crippen molar-refractivity contribution in [3.8, 4) is 17.0 Å². The van der Waals surface area contributed by atoms with Crippen molar-refractivity contribution >= 4 is 33.3 Å². The number of aryl methyl sites for hydroxylation is 1. The first-order valence-corrected chi connectivity index (χ1v) is 9.70. The number of amides is 1. The van der Waals surface area contributed by atoms with Gasteiger partial charge in [0.25, 0.3) is 5.91 Å². The molecule has 4 aromatic rings. The molecule has 0 radical (unpaired) electrons. The van der Waals surface area contributed by atoms with Crippen LogP contribution in [0.2, 0.25) is 0 Å². The van der Waals surface area contributed by atoms with Crippen LogP contribution in [-0.2, 0) is 0 Å². The quantitative estimate of drug-likeness (QED) is 0.534. The van der Waals surface area contributed by atoms with E-state index < -0.39 is 0 Å². The predicted octanol–water partition coefficient (Wildman–Crippen LogP) is 4.71. The Morgan fingerprint density at radius 3 is 2.61 bits per heavy atom. The summed E-state index contributed by atoms with van der Waals surface area (Å²) >= 11 is 1.34. The first-order chi connectivity index (χ1) is 13.6. The fourth-order valence-corrected chi connectivity index (χ4v) is 3.50. The second kappa shape index (κ2) is 7.74. The largest absolute Gasteiger partial charge is 0.494 e. The van der Waals surface area contributed by atoms with E-state index in [-0.39, 0.29) is 5.91 Å². The van der Waals surface area contributed by atoms with Crippen LogP contribution in [0.25, 0.3) is 22.2 Å². The molecule has 140 valence electrons. The summed E-state index contributed by atoms with van der Waals surface area (Å²) in [6, 6.07) is 17.1. The van der Waals surface area contributed by atoms with Crippen LogP contribution in [0.4, 0.5) is 5.13 Å². The van der Waals surface area contributed by atoms with Crippen molar-refractivity contribution in [3.05, 3.63) is 65.2 Å². The van der Waals surface area contributed by atoms with Crippen LogP contribution in [0.5, 0.6) is 5.75 Å². The molecule has 28 heavy (non-hydrogen) atoms. The third-order valence-electron chi connectivity index (χ3n) is 4.17. The van der Waals surface area contributed by atoms with E-state index in [0.29, 0.717) is 17.3 Å². The first-order valence-electron chi connectivity index (χ1n) is 8.88. The van der Waals surface area contributed by atoms with Gasteiger partial charge in [0.05, 0.1) is 23.4 Å². The number of carbonyl (C=O) groups is 1. The van der Waals surface area contributed by atoms with Gasteiger partial charge < -0.3 is 4.74 Å². The molecule has 0 aliphatic rings. The maximum atomic E-state index is 12.9. The number of pyridine rings is 1. The van der Waals surface area contributed by atoms with Gasteiger partial charge in [0.15, 0.2) is 0 Å². The number of nitrogens with one attached hydrogen (secondary N) is 1. The van der Waals surface area contributed by atoms with Crippen molar-refractivity contribution < 1.29 is 9.53 Å². The second-order valence-corrected chi connectivity index (χ2v) is 7.29. The van der Waals surface area contributed by atoms with E-state index in [4.69, 9.17) is 9.72 Å². The van der Waals surface area contributed by atoms with Gasteiger partial charge in [0.2, 0.25) is 5.13 Å². The third-order valence-corrected chi connectivity index (χ3v) is 4.92. The van der Waals surface area contributed by atoms with Crippen LogP contribution in [-0.4, -0.2) is 27.7 Å². The zero-order chi connectivity index (χ0) is 19.5. The lowest BCUT2D eigenvalue weighted by Crippen LogP contribution is -2.13. The number of hydrogen-bond donors (Lipinski definition) is 1. The molecular formula is C21H18N4O2S. The van der Waals surface area contributed by atoms with Gasteiger partial charge in [-0.25, -0.2) is 4.98 Å². The second-order valence-electron chi connectivity index (χ2n) is 6.11. The summed E-state index contributed by atoms with van der Waals surface area (Å²) in [5.74, 6) is 0.568. The number of nitrogens with zero attached hydrogens (tertiary/aromatic N) is 3. The Bertz CT molecular complexity index is 1140. The van der Waals surface area contributed by atoms with Gasteiger partial charge in [-0.05, 0) is 50.2 Å². The summed E-state index contributed by atoms with van der Waals surface area (Å²) in [6.07, 6.45) is 0. The lowest BCUT2D eigenvalue weighted by Gasteiger charge is -2.10. The lowest BCUT2D eigenvalue weighted by molar-refractivity contribution is 0.102. The number of carbonyl (C=O) groups excluding carboxylic acids is 1. The Kier molecular flexibility index (Phi) is 4.99. The molecule has 2 aromatic heterocycles. The summed E-state index contributed by atoms with van der Waals surface area (Å²) in [4.78, 5) is 17.7. The summed E-state index contributed by atoms with van der Waals surface area (Å²) in [5, 5.41) is 12.8. The van der Waals surface area contributed by atoms with E-state index in [1.807, 2.05) is 62.4 Å². The minimum atomic E-state index is -0.234. The number of ether oxygens (including phenoxy) is 1. The van der Waals surface area contributed by atoms with E-state index in [1.165, 1.54) is 11.3 Å². The van der Waals surface area contributed by atoms with Crippen LogP contribution in [0.3, 0.4) is 0 Å². The molecule has 0 atom stereocenters. The summed E-state index contributed by atoms with van der Waals surface area (Å²) in [7, 11) is 0. The molecule has 0 spiro atoms. The minimum Gasteiger partial charge on any atom is -0.494 e. The molecule has 2 heterocycles. The number of hydrogen-bond acceptors (Lipinski definition) is 6. The monoisotopic (exact) mass is 390 g/mol. The standard InChI is InChI=1S/C21H18N4O2S/c1-3-27-15-10-8-14(9-11-15)19-12-17(16-6-4-5-7-18(16)22-19)20(26)23-21-25-24-13(2)28-21/h4-12H,3H2,1-2H3,(H,23,25,26). The average molecular weight is 390 g/mol. The molecule has 1 amide bonds. The molecule has 7 heteroatoms. The Hall–Kier alpha value is -3.32. The van der Waals surface area contributed by atoms with Gasteiger partial charge in [-0.3, -0.25) is 10.1 Å². The van der Waals surface area contributed by atoms with Crippen molar-refractivity contribution in [3.63, 3.8) is 0 Å². The Balaban J connectivity index is 1.75. The van der Waals surface area contributed by atoms with E-state index in [1.54, 1.807) is 6.07 Å². The van der Waals surface area contributed by atoms with Crippen molar-refractivity contribution in [1.82, 2.24) is 15.2 Å². The average Bonchev–Trinajstić information content (AvgIpc) is 3.12. The summed E-state index contributed by atoms with van der Waals surface area (Å²) in [6.45, 7) is 4.41. The minimum absolute atomic E-state index is 0.234. The molecule has 0 aliphatic carbocycles. The zero-order valence-electron chi connectivity index (χ0n) is 15.5. The highest BCUT2D eigenvalue weighted by molar-refractivity contribution is 7.15. The highest BCUT2D eigenvalue weighted by Crippen LogP contribution is 2.27. The first kappa shape index (κ1) is 18.1. The van der Waals surface area contributed by atoms with Crippen LogP contribution < -0.4 is 10.1 Å². The number of rotatable bonds is 5. The molecule has 0 fully saturated rings. The number of benzene rings is 2. The van der Waals surface area contributed by atoms with Gasteiger partial charge in [0, 0.05) is 10.9 Å². The van der Waals surface area contributed by atoms with Crippen molar-refractivity contribution in [2.45, 2.75) is 13.8 Å².